The molecule has 5 heteroatoms. The Hall–Kier alpha value is -2.71. The number of aliphatic hydroxyl groups excluding tert-OH is 1. The lowest BCUT2D eigenvalue weighted by atomic mass is 9.86. The number of carbonyl (C=O) groups excluding carboxylic acids is 1. The fraction of sp³-hybridized carbons (Fsp3) is 0.316. The molecule has 1 aromatic carbocycles. The van der Waals surface area contributed by atoms with E-state index >= 15 is 0 Å². The van der Waals surface area contributed by atoms with Gasteiger partial charge in [-0.15, -0.1) is 0 Å². The summed E-state index contributed by atoms with van der Waals surface area (Å²) in [5, 5.41) is 21.6. The van der Waals surface area contributed by atoms with Crippen LogP contribution in [0.25, 0.3) is 0 Å². The molecule has 0 saturated carbocycles. The molecule has 1 atom stereocenters. The van der Waals surface area contributed by atoms with E-state index in [1.807, 2.05) is 30.3 Å². The number of benzene rings is 1. The minimum absolute atomic E-state index is 0.0545. The van der Waals surface area contributed by atoms with Crippen LogP contribution in [0.3, 0.4) is 0 Å². The molecule has 0 aliphatic heterocycles. The van der Waals surface area contributed by atoms with E-state index in [0.717, 1.165) is 5.56 Å². The molecule has 1 heterocycles. The molecule has 124 valence electrons. The summed E-state index contributed by atoms with van der Waals surface area (Å²) in [6.45, 7) is 6.48. The Balaban J connectivity index is 1.95. The fourth-order valence-electron chi connectivity index (χ4n) is 2.20. The van der Waals surface area contributed by atoms with Gasteiger partial charge in [-0.1, -0.05) is 45.0 Å². The van der Waals surface area contributed by atoms with Crippen molar-refractivity contribution in [3.8, 4) is 6.07 Å². The molecular formula is C19H21N3O2. The number of rotatable bonds is 4. The van der Waals surface area contributed by atoms with Crippen LogP contribution in [0.4, 0.5) is 0 Å². The summed E-state index contributed by atoms with van der Waals surface area (Å²) in [6, 6.07) is 12.7. The van der Waals surface area contributed by atoms with Gasteiger partial charge in [-0.05, 0) is 28.7 Å². The van der Waals surface area contributed by atoms with Crippen LogP contribution in [0.2, 0.25) is 0 Å². The van der Waals surface area contributed by atoms with Crippen LogP contribution in [-0.4, -0.2) is 22.5 Å². The second kappa shape index (κ2) is 7.24. The molecule has 1 aromatic heterocycles. The summed E-state index contributed by atoms with van der Waals surface area (Å²) in [5.41, 5.74) is 2.59. The standard InChI is InChI=1S/C19H21N3O2/c1-19(2,3)15-7-5-14(6-8-15)17(23)12-22-18(24)16-9-4-13(10-20)11-21-16/h4-9,11,17,23H,12H2,1-3H3,(H,22,24). The molecule has 2 rings (SSSR count). The van der Waals surface area contributed by atoms with Crippen LogP contribution >= 0.6 is 0 Å². The fourth-order valence-corrected chi connectivity index (χ4v) is 2.20. The lowest BCUT2D eigenvalue weighted by Crippen LogP contribution is -2.29. The van der Waals surface area contributed by atoms with Crippen molar-refractivity contribution in [2.45, 2.75) is 32.3 Å². The van der Waals surface area contributed by atoms with Gasteiger partial charge in [-0.3, -0.25) is 4.79 Å². The highest BCUT2D eigenvalue weighted by molar-refractivity contribution is 5.92. The van der Waals surface area contributed by atoms with Gasteiger partial charge in [0.15, 0.2) is 0 Å². The Morgan fingerprint density at radius 1 is 1.25 bits per heavy atom. The van der Waals surface area contributed by atoms with Crippen molar-refractivity contribution in [3.63, 3.8) is 0 Å². The normalized spacial score (nSPS) is 12.3. The van der Waals surface area contributed by atoms with E-state index < -0.39 is 6.10 Å². The number of pyridine rings is 1. The second-order valence-corrected chi connectivity index (χ2v) is 6.64. The minimum Gasteiger partial charge on any atom is -0.387 e. The monoisotopic (exact) mass is 323 g/mol. The first-order valence-corrected chi connectivity index (χ1v) is 7.74. The van der Waals surface area contributed by atoms with Crippen LogP contribution in [0, 0.1) is 11.3 Å². The largest absolute Gasteiger partial charge is 0.387 e. The Morgan fingerprint density at radius 2 is 1.92 bits per heavy atom. The number of hydrogen-bond acceptors (Lipinski definition) is 4. The van der Waals surface area contributed by atoms with Crippen LogP contribution in [0.5, 0.6) is 0 Å². The molecule has 2 N–H and O–H groups in total. The van der Waals surface area contributed by atoms with E-state index in [-0.39, 0.29) is 23.6 Å². The first-order valence-electron chi connectivity index (χ1n) is 7.74. The highest BCUT2D eigenvalue weighted by Crippen LogP contribution is 2.23. The van der Waals surface area contributed by atoms with E-state index in [2.05, 4.69) is 31.1 Å². The number of carbonyl (C=O) groups is 1. The van der Waals surface area contributed by atoms with Crippen molar-refractivity contribution in [1.82, 2.24) is 10.3 Å². The quantitative estimate of drug-likeness (QED) is 0.906. The summed E-state index contributed by atoms with van der Waals surface area (Å²) in [7, 11) is 0. The summed E-state index contributed by atoms with van der Waals surface area (Å²) in [6.07, 6.45) is 0.553. The van der Waals surface area contributed by atoms with Crippen LogP contribution in [0.1, 0.15) is 54.1 Å². The lowest BCUT2D eigenvalue weighted by Gasteiger charge is -2.20. The Bertz CT molecular complexity index is 738. The van der Waals surface area contributed by atoms with Gasteiger partial charge in [-0.2, -0.15) is 5.26 Å². The Kier molecular flexibility index (Phi) is 5.32. The van der Waals surface area contributed by atoms with Gasteiger partial charge in [0.1, 0.15) is 11.8 Å². The number of nitrogens with one attached hydrogen (secondary N) is 1. The smallest absolute Gasteiger partial charge is 0.269 e. The topological polar surface area (TPSA) is 86.0 Å². The molecular weight excluding hydrogens is 302 g/mol. The van der Waals surface area contributed by atoms with E-state index in [4.69, 9.17) is 5.26 Å². The third-order valence-corrected chi connectivity index (χ3v) is 3.74. The van der Waals surface area contributed by atoms with Crippen molar-refractivity contribution in [2.75, 3.05) is 6.54 Å². The zero-order chi connectivity index (χ0) is 17.7. The number of aliphatic hydroxyl groups is 1. The SMILES string of the molecule is CC(C)(C)c1ccc(C(O)CNC(=O)c2ccc(C#N)cn2)cc1. The molecule has 0 bridgehead atoms. The Morgan fingerprint density at radius 3 is 2.42 bits per heavy atom. The number of nitrogens with zero attached hydrogens (tertiary/aromatic N) is 2. The highest BCUT2D eigenvalue weighted by atomic mass is 16.3. The third kappa shape index (κ3) is 4.40. The predicted octanol–water partition coefficient (Wildman–Crippen LogP) is 2.71. The van der Waals surface area contributed by atoms with E-state index in [1.54, 1.807) is 0 Å². The number of amides is 1. The average Bonchev–Trinajstić information content (AvgIpc) is 2.58. The first-order chi connectivity index (χ1) is 11.3. The van der Waals surface area contributed by atoms with Crippen molar-refractivity contribution in [2.24, 2.45) is 0 Å². The third-order valence-electron chi connectivity index (χ3n) is 3.74. The molecule has 0 aliphatic rings. The van der Waals surface area contributed by atoms with Crippen molar-refractivity contribution in [1.29, 1.82) is 5.26 Å². The van der Waals surface area contributed by atoms with Gasteiger partial charge < -0.3 is 10.4 Å². The van der Waals surface area contributed by atoms with E-state index in [9.17, 15) is 9.90 Å². The van der Waals surface area contributed by atoms with Crippen LogP contribution < -0.4 is 5.32 Å². The van der Waals surface area contributed by atoms with Crippen LogP contribution in [-0.2, 0) is 5.41 Å². The van der Waals surface area contributed by atoms with Crippen molar-refractivity contribution < 1.29 is 9.90 Å². The summed E-state index contributed by atoms with van der Waals surface area (Å²) < 4.78 is 0. The van der Waals surface area contributed by atoms with Gasteiger partial charge in [-0.25, -0.2) is 4.98 Å². The Labute approximate surface area is 142 Å². The maximum Gasteiger partial charge on any atom is 0.269 e. The van der Waals surface area contributed by atoms with Gasteiger partial charge in [0.05, 0.1) is 11.7 Å². The maximum atomic E-state index is 12.0. The van der Waals surface area contributed by atoms with Gasteiger partial charge in [0, 0.05) is 12.7 Å². The maximum absolute atomic E-state index is 12.0. The van der Waals surface area contributed by atoms with Gasteiger partial charge in [0.2, 0.25) is 0 Å². The van der Waals surface area contributed by atoms with Gasteiger partial charge in [0.25, 0.3) is 5.91 Å². The van der Waals surface area contributed by atoms with E-state index in [1.165, 1.54) is 23.9 Å². The molecule has 5 nitrogen and oxygen atoms in total. The average molecular weight is 323 g/mol. The molecule has 2 aromatic rings. The molecule has 0 aliphatic carbocycles. The summed E-state index contributed by atoms with van der Waals surface area (Å²) >= 11 is 0. The molecule has 1 amide bonds. The number of hydrogen-bond donors (Lipinski definition) is 2. The second-order valence-electron chi connectivity index (χ2n) is 6.64. The molecule has 0 fully saturated rings. The first kappa shape index (κ1) is 17.6. The van der Waals surface area contributed by atoms with Crippen molar-refractivity contribution in [3.05, 3.63) is 65.0 Å². The molecule has 1 unspecified atom stereocenters. The summed E-state index contributed by atoms with van der Waals surface area (Å²) in [5.74, 6) is -0.384. The molecule has 0 spiro atoms. The zero-order valence-corrected chi connectivity index (χ0v) is 14.1. The van der Waals surface area contributed by atoms with E-state index in [0.29, 0.717) is 5.56 Å². The number of aromatic nitrogens is 1. The molecule has 0 saturated heterocycles. The van der Waals surface area contributed by atoms with Crippen molar-refractivity contribution >= 4 is 5.91 Å². The summed E-state index contributed by atoms with van der Waals surface area (Å²) in [4.78, 5) is 15.9. The van der Waals surface area contributed by atoms with Gasteiger partial charge >= 0.3 is 0 Å². The number of nitriles is 1. The molecule has 24 heavy (non-hydrogen) atoms. The molecule has 0 radical (unpaired) electrons. The minimum atomic E-state index is -0.790. The predicted molar refractivity (Wildman–Crippen MR) is 91.4 cm³/mol. The lowest BCUT2D eigenvalue weighted by molar-refractivity contribution is 0.0911. The zero-order valence-electron chi connectivity index (χ0n) is 14.1. The highest BCUT2D eigenvalue weighted by Gasteiger charge is 2.15. The van der Waals surface area contributed by atoms with Crippen LogP contribution in [0.15, 0.2) is 42.6 Å².